The average Bonchev–Trinajstić information content (AvgIpc) is 3.01. The lowest BCUT2D eigenvalue weighted by atomic mass is 10.2. The zero-order chi connectivity index (χ0) is 17.2. The molecule has 126 valence electrons. The van der Waals surface area contributed by atoms with Gasteiger partial charge >= 0.3 is 0 Å². The molecule has 1 saturated heterocycles. The molecule has 3 rings (SSSR count). The highest BCUT2D eigenvalue weighted by Gasteiger charge is 2.25. The van der Waals surface area contributed by atoms with Gasteiger partial charge in [0, 0.05) is 24.7 Å². The molecule has 0 saturated carbocycles. The molecular formula is C18H20N2O3S. The summed E-state index contributed by atoms with van der Waals surface area (Å²) in [5.74, 6) is -0.250. The fourth-order valence-electron chi connectivity index (χ4n) is 2.85. The van der Waals surface area contributed by atoms with Crippen molar-refractivity contribution in [3.05, 3.63) is 65.7 Å². The maximum absolute atomic E-state index is 12.6. The van der Waals surface area contributed by atoms with Gasteiger partial charge in [-0.3, -0.25) is 4.79 Å². The highest BCUT2D eigenvalue weighted by atomic mass is 32.2. The van der Waals surface area contributed by atoms with Crippen molar-refractivity contribution in [3.63, 3.8) is 0 Å². The van der Waals surface area contributed by atoms with Gasteiger partial charge < -0.3 is 10.6 Å². The lowest BCUT2D eigenvalue weighted by molar-refractivity contribution is 0.0790. The van der Waals surface area contributed by atoms with Crippen molar-refractivity contribution in [1.82, 2.24) is 4.90 Å². The van der Waals surface area contributed by atoms with E-state index in [2.05, 4.69) is 0 Å². The molecule has 2 aromatic carbocycles. The van der Waals surface area contributed by atoms with E-state index in [1.54, 1.807) is 41.3 Å². The number of sulfone groups is 1. The molecule has 24 heavy (non-hydrogen) atoms. The van der Waals surface area contributed by atoms with Gasteiger partial charge in [-0.05, 0) is 30.2 Å². The molecular weight excluding hydrogens is 324 g/mol. The SMILES string of the molecule is N[C@@H]1CCN(C(=O)c2cccc(S(=O)(=O)Cc3ccccc3)c2)C1. The summed E-state index contributed by atoms with van der Waals surface area (Å²) in [6, 6.07) is 15.3. The van der Waals surface area contributed by atoms with Gasteiger partial charge in [-0.1, -0.05) is 36.4 Å². The summed E-state index contributed by atoms with van der Waals surface area (Å²) in [5, 5.41) is 0. The largest absolute Gasteiger partial charge is 0.337 e. The van der Waals surface area contributed by atoms with Gasteiger partial charge in [0.15, 0.2) is 9.84 Å². The minimum atomic E-state index is -3.50. The number of carbonyl (C=O) groups excluding carboxylic acids is 1. The molecule has 2 aromatic rings. The van der Waals surface area contributed by atoms with E-state index in [1.807, 2.05) is 6.07 Å². The number of hydrogen-bond donors (Lipinski definition) is 1. The summed E-state index contributed by atoms with van der Waals surface area (Å²) in [7, 11) is -3.50. The second-order valence-corrected chi connectivity index (χ2v) is 8.06. The van der Waals surface area contributed by atoms with Crippen molar-refractivity contribution >= 4 is 15.7 Å². The molecule has 0 unspecified atom stereocenters. The molecule has 1 atom stereocenters. The zero-order valence-corrected chi connectivity index (χ0v) is 14.1. The molecule has 1 aliphatic rings. The molecule has 1 fully saturated rings. The van der Waals surface area contributed by atoms with Gasteiger partial charge in [-0.25, -0.2) is 8.42 Å². The summed E-state index contributed by atoms with van der Waals surface area (Å²) >= 11 is 0. The molecule has 5 nitrogen and oxygen atoms in total. The normalized spacial score (nSPS) is 17.9. The maximum atomic E-state index is 12.6. The Kier molecular flexibility index (Phi) is 4.69. The molecule has 2 N–H and O–H groups in total. The Morgan fingerprint density at radius 3 is 2.54 bits per heavy atom. The quantitative estimate of drug-likeness (QED) is 0.918. The van der Waals surface area contributed by atoms with Gasteiger partial charge in [-0.15, -0.1) is 0 Å². The maximum Gasteiger partial charge on any atom is 0.253 e. The van der Waals surface area contributed by atoms with Crippen LogP contribution in [-0.4, -0.2) is 38.4 Å². The number of likely N-dealkylation sites (tertiary alicyclic amines) is 1. The molecule has 1 heterocycles. The second kappa shape index (κ2) is 6.75. The predicted octanol–water partition coefficient (Wildman–Crippen LogP) is 1.83. The Bertz CT molecular complexity index is 834. The number of nitrogens with two attached hydrogens (primary N) is 1. The number of hydrogen-bond acceptors (Lipinski definition) is 4. The van der Waals surface area contributed by atoms with Gasteiger partial charge in [0.05, 0.1) is 10.6 Å². The first-order valence-electron chi connectivity index (χ1n) is 7.87. The molecule has 0 radical (unpaired) electrons. The van der Waals surface area contributed by atoms with E-state index >= 15 is 0 Å². The fraction of sp³-hybridized carbons (Fsp3) is 0.278. The van der Waals surface area contributed by atoms with E-state index in [9.17, 15) is 13.2 Å². The Hall–Kier alpha value is -2.18. The molecule has 1 aliphatic heterocycles. The zero-order valence-electron chi connectivity index (χ0n) is 13.3. The molecule has 0 aromatic heterocycles. The molecule has 1 amide bonds. The van der Waals surface area contributed by atoms with Crippen LogP contribution >= 0.6 is 0 Å². The van der Waals surface area contributed by atoms with E-state index in [1.165, 1.54) is 12.1 Å². The standard InChI is InChI=1S/C18H20N2O3S/c19-16-9-10-20(12-16)18(21)15-7-4-8-17(11-15)24(22,23)13-14-5-2-1-3-6-14/h1-8,11,16H,9-10,12-13,19H2/t16-/m1/s1. The lowest BCUT2D eigenvalue weighted by Crippen LogP contribution is -2.31. The van der Waals surface area contributed by atoms with Crippen LogP contribution in [0.15, 0.2) is 59.5 Å². The Morgan fingerprint density at radius 1 is 1.12 bits per heavy atom. The first kappa shape index (κ1) is 16.7. The number of rotatable bonds is 4. The smallest absolute Gasteiger partial charge is 0.253 e. The second-order valence-electron chi connectivity index (χ2n) is 6.07. The van der Waals surface area contributed by atoms with Gasteiger partial charge in [0.1, 0.15) is 0 Å². The van der Waals surface area contributed by atoms with Gasteiger partial charge in [-0.2, -0.15) is 0 Å². The summed E-state index contributed by atoms with van der Waals surface area (Å²) < 4.78 is 25.2. The topological polar surface area (TPSA) is 80.5 Å². The van der Waals surface area contributed by atoms with Crippen LogP contribution in [0.25, 0.3) is 0 Å². The van der Waals surface area contributed by atoms with Crippen molar-refractivity contribution in [3.8, 4) is 0 Å². The van der Waals surface area contributed by atoms with Crippen LogP contribution < -0.4 is 5.73 Å². The Morgan fingerprint density at radius 2 is 1.88 bits per heavy atom. The first-order chi connectivity index (χ1) is 11.5. The molecule has 0 aliphatic carbocycles. The average molecular weight is 344 g/mol. The van der Waals surface area contributed by atoms with E-state index in [0.717, 1.165) is 12.0 Å². The number of nitrogens with zero attached hydrogens (tertiary/aromatic N) is 1. The molecule has 0 spiro atoms. The van der Waals surface area contributed by atoms with E-state index in [0.29, 0.717) is 18.7 Å². The van der Waals surface area contributed by atoms with Crippen LogP contribution in [0.3, 0.4) is 0 Å². The van der Waals surface area contributed by atoms with Crippen LogP contribution in [0.4, 0.5) is 0 Å². The number of amides is 1. The number of carbonyl (C=O) groups is 1. The molecule has 6 heteroatoms. The van der Waals surface area contributed by atoms with Crippen LogP contribution in [0.1, 0.15) is 22.3 Å². The van der Waals surface area contributed by atoms with Crippen molar-refractivity contribution in [2.75, 3.05) is 13.1 Å². The van der Waals surface area contributed by atoms with E-state index in [4.69, 9.17) is 5.73 Å². The summed E-state index contributed by atoms with van der Waals surface area (Å²) in [5.41, 5.74) is 6.95. The lowest BCUT2D eigenvalue weighted by Gasteiger charge is -2.16. The third-order valence-electron chi connectivity index (χ3n) is 4.15. The third-order valence-corrected chi connectivity index (χ3v) is 5.84. The van der Waals surface area contributed by atoms with Crippen molar-refractivity contribution in [1.29, 1.82) is 0 Å². The highest BCUT2D eigenvalue weighted by Crippen LogP contribution is 2.20. The molecule has 0 bridgehead atoms. The monoisotopic (exact) mass is 344 g/mol. The van der Waals surface area contributed by atoms with Crippen molar-refractivity contribution in [2.45, 2.75) is 23.1 Å². The fourth-order valence-corrected chi connectivity index (χ4v) is 4.24. The predicted molar refractivity (Wildman–Crippen MR) is 92.3 cm³/mol. The number of benzene rings is 2. The summed E-state index contributed by atoms with van der Waals surface area (Å²) in [6.07, 6.45) is 0.776. The summed E-state index contributed by atoms with van der Waals surface area (Å²) in [4.78, 5) is 14.3. The van der Waals surface area contributed by atoms with Crippen LogP contribution in [0.5, 0.6) is 0 Å². The third kappa shape index (κ3) is 3.66. The van der Waals surface area contributed by atoms with E-state index < -0.39 is 9.84 Å². The minimum Gasteiger partial charge on any atom is -0.337 e. The van der Waals surface area contributed by atoms with Gasteiger partial charge in [0.25, 0.3) is 5.91 Å². The van der Waals surface area contributed by atoms with Crippen LogP contribution in [0, 0.1) is 0 Å². The van der Waals surface area contributed by atoms with E-state index in [-0.39, 0.29) is 22.6 Å². The minimum absolute atomic E-state index is 0.000976. The highest BCUT2D eigenvalue weighted by molar-refractivity contribution is 7.90. The van der Waals surface area contributed by atoms with Crippen molar-refractivity contribution in [2.24, 2.45) is 5.73 Å². The first-order valence-corrected chi connectivity index (χ1v) is 9.52. The van der Waals surface area contributed by atoms with Crippen LogP contribution in [0.2, 0.25) is 0 Å². The Balaban J connectivity index is 1.83. The van der Waals surface area contributed by atoms with Crippen LogP contribution in [-0.2, 0) is 15.6 Å². The Labute approximate surface area is 142 Å². The van der Waals surface area contributed by atoms with Gasteiger partial charge in [0.2, 0.25) is 0 Å². The van der Waals surface area contributed by atoms with Crippen molar-refractivity contribution < 1.29 is 13.2 Å². The summed E-state index contributed by atoms with van der Waals surface area (Å²) in [6.45, 7) is 1.13.